The molecule has 0 aliphatic carbocycles. The van der Waals surface area contributed by atoms with Gasteiger partial charge in [-0.05, 0) is 43.4 Å². The maximum absolute atomic E-state index is 6.30. The molecule has 2 saturated heterocycles. The highest BCUT2D eigenvalue weighted by Gasteiger charge is 2.28. The number of piperazine rings is 1. The number of hydrogen-bond acceptors (Lipinski definition) is 8. The highest BCUT2D eigenvalue weighted by molar-refractivity contribution is 9.10. The SMILES string of the molecule is Cc1nn(C)c(N2CCN(c3nc(NCC4CCC(C)(C)CO4)c4cc(Br)ccc4n3)CC2)c1N. The van der Waals surface area contributed by atoms with Crippen LogP contribution in [0.3, 0.4) is 0 Å². The van der Waals surface area contributed by atoms with E-state index in [2.05, 4.69) is 56.1 Å². The molecule has 1 unspecified atom stereocenters. The molecular weight excluding hydrogens is 508 g/mol. The normalized spacial score (nSPS) is 20.4. The smallest absolute Gasteiger partial charge is 0.228 e. The van der Waals surface area contributed by atoms with Crippen molar-refractivity contribution in [2.24, 2.45) is 12.5 Å². The Bertz CT molecular complexity index is 1210. The first-order valence-electron chi connectivity index (χ1n) is 12.3. The molecule has 1 atom stereocenters. The number of hydrogen-bond donors (Lipinski definition) is 2. The van der Waals surface area contributed by atoms with Gasteiger partial charge in [0.1, 0.15) is 5.82 Å². The van der Waals surface area contributed by atoms with Gasteiger partial charge in [-0.3, -0.25) is 4.68 Å². The minimum absolute atomic E-state index is 0.194. The Morgan fingerprint density at radius 1 is 1.17 bits per heavy atom. The van der Waals surface area contributed by atoms with Crippen molar-refractivity contribution in [3.8, 4) is 0 Å². The molecule has 2 fully saturated rings. The van der Waals surface area contributed by atoms with Crippen molar-refractivity contribution < 1.29 is 4.74 Å². The third-order valence-electron chi connectivity index (χ3n) is 7.10. The van der Waals surface area contributed by atoms with Crippen molar-refractivity contribution in [1.29, 1.82) is 0 Å². The number of nitrogen functional groups attached to an aromatic ring is 1. The highest BCUT2D eigenvalue weighted by Crippen LogP contribution is 2.32. The standard InChI is InChI=1S/C25H35BrN8O/c1-16-21(27)23(32(4)31-16)33-9-11-34(12-10-33)24-29-20-6-5-17(26)13-19(20)22(30-24)28-14-18-7-8-25(2,3)15-35-18/h5-6,13,18H,7-12,14-15,27H2,1-4H3,(H,28,29,30). The first kappa shape index (κ1) is 24.1. The van der Waals surface area contributed by atoms with E-state index in [1.807, 2.05) is 30.8 Å². The lowest BCUT2D eigenvalue weighted by molar-refractivity contribution is -0.0412. The highest BCUT2D eigenvalue weighted by atomic mass is 79.9. The van der Waals surface area contributed by atoms with Gasteiger partial charge in [-0.1, -0.05) is 29.8 Å². The zero-order valence-electron chi connectivity index (χ0n) is 21.0. The average Bonchev–Trinajstić information content (AvgIpc) is 3.09. The molecule has 188 valence electrons. The minimum Gasteiger partial charge on any atom is -0.394 e. The molecule has 0 amide bonds. The molecular formula is C25H35BrN8O. The number of rotatable bonds is 5. The summed E-state index contributed by atoms with van der Waals surface area (Å²) in [5.74, 6) is 2.60. The summed E-state index contributed by atoms with van der Waals surface area (Å²) < 4.78 is 9.01. The Hall–Kier alpha value is -2.59. The number of nitrogens with two attached hydrogens (primary N) is 1. The molecule has 0 saturated carbocycles. The topological polar surface area (TPSA) is 97.4 Å². The Labute approximate surface area is 215 Å². The second-order valence-electron chi connectivity index (χ2n) is 10.5. The summed E-state index contributed by atoms with van der Waals surface area (Å²) in [5, 5.41) is 9.06. The summed E-state index contributed by atoms with van der Waals surface area (Å²) >= 11 is 3.60. The zero-order valence-corrected chi connectivity index (χ0v) is 22.6. The summed E-state index contributed by atoms with van der Waals surface area (Å²) in [6.07, 6.45) is 2.42. The van der Waals surface area contributed by atoms with Crippen molar-refractivity contribution in [2.45, 2.75) is 39.7 Å². The molecule has 1 aromatic carbocycles. The van der Waals surface area contributed by atoms with Crippen LogP contribution in [0.1, 0.15) is 32.4 Å². The number of aryl methyl sites for hydroxylation is 2. The zero-order chi connectivity index (χ0) is 24.7. The van der Waals surface area contributed by atoms with Crippen LogP contribution < -0.4 is 20.9 Å². The van der Waals surface area contributed by atoms with Crippen molar-refractivity contribution in [3.63, 3.8) is 0 Å². The van der Waals surface area contributed by atoms with Crippen LogP contribution in [0, 0.1) is 12.3 Å². The number of anilines is 4. The van der Waals surface area contributed by atoms with Gasteiger partial charge in [-0.15, -0.1) is 0 Å². The van der Waals surface area contributed by atoms with Crippen LogP contribution >= 0.6 is 15.9 Å². The van der Waals surface area contributed by atoms with Crippen molar-refractivity contribution in [1.82, 2.24) is 19.7 Å². The van der Waals surface area contributed by atoms with Crippen LogP contribution in [-0.2, 0) is 11.8 Å². The first-order chi connectivity index (χ1) is 16.7. The molecule has 5 rings (SSSR count). The maximum Gasteiger partial charge on any atom is 0.228 e. The fourth-order valence-corrected chi connectivity index (χ4v) is 5.30. The molecule has 3 N–H and O–H groups in total. The van der Waals surface area contributed by atoms with Gasteiger partial charge in [-0.2, -0.15) is 10.1 Å². The molecule has 0 spiro atoms. The second-order valence-corrected chi connectivity index (χ2v) is 11.4. The Kier molecular flexibility index (Phi) is 6.52. The van der Waals surface area contributed by atoms with Crippen molar-refractivity contribution >= 4 is 50.1 Å². The van der Waals surface area contributed by atoms with E-state index in [1.54, 1.807) is 0 Å². The number of benzene rings is 1. The molecule has 2 aliphatic heterocycles. The van der Waals surface area contributed by atoms with Gasteiger partial charge in [0.05, 0.1) is 29.6 Å². The molecule has 35 heavy (non-hydrogen) atoms. The second kappa shape index (κ2) is 9.46. The van der Waals surface area contributed by atoms with Crippen LogP contribution in [-0.4, -0.2) is 65.2 Å². The Balaban J connectivity index is 1.34. The van der Waals surface area contributed by atoms with Crippen molar-refractivity contribution in [2.75, 3.05) is 60.2 Å². The number of nitrogens with zero attached hydrogens (tertiary/aromatic N) is 6. The van der Waals surface area contributed by atoms with E-state index in [0.717, 1.165) is 90.1 Å². The molecule has 2 aromatic heterocycles. The van der Waals surface area contributed by atoms with E-state index in [1.165, 1.54) is 6.42 Å². The largest absolute Gasteiger partial charge is 0.394 e. The third-order valence-corrected chi connectivity index (χ3v) is 7.59. The number of ether oxygens (including phenoxy) is 1. The van der Waals surface area contributed by atoms with E-state index >= 15 is 0 Å². The van der Waals surface area contributed by atoms with Crippen LogP contribution in [0.15, 0.2) is 22.7 Å². The van der Waals surface area contributed by atoms with Gasteiger partial charge in [-0.25, -0.2) is 4.98 Å². The van der Waals surface area contributed by atoms with Crippen LogP contribution in [0.2, 0.25) is 0 Å². The molecule has 0 radical (unpaired) electrons. The van der Waals surface area contributed by atoms with E-state index in [0.29, 0.717) is 0 Å². The third kappa shape index (κ3) is 5.04. The van der Waals surface area contributed by atoms with Gasteiger partial charge in [0, 0.05) is 49.6 Å². The predicted molar refractivity (Wildman–Crippen MR) is 145 cm³/mol. The minimum atomic E-state index is 0.194. The van der Waals surface area contributed by atoms with Gasteiger partial charge in [0.25, 0.3) is 0 Å². The predicted octanol–water partition coefficient (Wildman–Crippen LogP) is 3.96. The van der Waals surface area contributed by atoms with Crippen LogP contribution in [0.5, 0.6) is 0 Å². The lowest BCUT2D eigenvalue weighted by Crippen LogP contribution is -2.48. The average molecular weight is 544 g/mol. The van der Waals surface area contributed by atoms with Gasteiger partial charge in [0.15, 0.2) is 5.82 Å². The van der Waals surface area contributed by atoms with E-state index in [9.17, 15) is 0 Å². The fraction of sp³-hybridized carbons (Fsp3) is 0.560. The summed E-state index contributed by atoms with van der Waals surface area (Å²) in [6, 6.07) is 6.16. The summed E-state index contributed by atoms with van der Waals surface area (Å²) in [5.41, 5.74) is 9.12. The number of fused-ring (bicyclic) bond motifs is 1. The van der Waals surface area contributed by atoms with Gasteiger partial charge >= 0.3 is 0 Å². The molecule has 9 nitrogen and oxygen atoms in total. The molecule has 10 heteroatoms. The molecule has 2 aliphatic rings. The van der Waals surface area contributed by atoms with E-state index in [4.69, 9.17) is 20.4 Å². The lowest BCUT2D eigenvalue weighted by Gasteiger charge is -2.36. The first-order valence-corrected chi connectivity index (χ1v) is 13.1. The van der Waals surface area contributed by atoms with Gasteiger partial charge < -0.3 is 25.6 Å². The molecule has 4 heterocycles. The van der Waals surface area contributed by atoms with E-state index in [-0.39, 0.29) is 11.5 Å². The lowest BCUT2D eigenvalue weighted by atomic mass is 9.85. The maximum atomic E-state index is 6.30. The summed E-state index contributed by atoms with van der Waals surface area (Å²) in [6.45, 7) is 11.3. The fourth-order valence-electron chi connectivity index (χ4n) is 4.94. The van der Waals surface area contributed by atoms with Gasteiger partial charge in [0.2, 0.25) is 5.95 Å². The Morgan fingerprint density at radius 2 is 1.91 bits per heavy atom. The Morgan fingerprint density at radius 3 is 2.57 bits per heavy atom. The number of nitrogens with one attached hydrogen (secondary N) is 1. The number of aromatic nitrogens is 4. The summed E-state index contributed by atoms with van der Waals surface area (Å²) in [4.78, 5) is 14.4. The van der Waals surface area contributed by atoms with Crippen LogP contribution in [0.25, 0.3) is 10.9 Å². The number of halogens is 1. The van der Waals surface area contributed by atoms with Crippen LogP contribution in [0.4, 0.5) is 23.3 Å². The molecule has 0 bridgehead atoms. The monoisotopic (exact) mass is 542 g/mol. The quantitative estimate of drug-likeness (QED) is 0.499. The van der Waals surface area contributed by atoms with E-state index < -0.39 is 0 Å². The summed E-state index contributed by atoms with van der Waals surface area (Å²) in [7, 11) is 1.95. The molecule has 3 aromatic rings. The van der Waals surface area contributed by atoms with Crippen molar-refractivity contribution in [3.05, 3.63) is 28.4 Å².